The van der Waals surface area contributed by atoms with Crippen LogP contribution in [0.15, 0.2) is 30.9 Å². The number of hydrogen-bond acceptors (Lipinski definition) is 6. The molecular formula is C24H28F3N5O2. The van der Waals surface area contributed by atoms with Crippen LogP contribution < -0.4 is 14.5 Å². The van der Waals surface area contributed by atoms with Crippen molar-refractivity contribution < 1.29 is 22.7 Å². The van der Waals surface area contributed by atoms with Gasteiger partial charge in [0, 0.05) is 44.0 Å². The Kier molecular flexibility index (Phi) is 6.67. The summed E-state index contributed by atoms with van der Waals surface area (Å²) in [4.78, 5) is 26.5. The van der Waals surface area contributed by atoms with E-state index in [1.165, 1.54) is 25.3 Å². The van der Waals surface area contributed by atoms with E-state index in [0.717, 1.165) is 11.4 Å². The van der Waals surface area contributed by atoms with Crippen LogP contribution in [0.1, 0.15) is 29.3 Å². The first-order valence-electron chi connectivity index (χ1n) is 11.3. The molecule has 10 heteroatoms. The average molecular weight is 476 g/mol. The summed E-state index contributed by atoms with van der Waals surface area (Å²) in [6, 6.07) is 4.92. The number of fused-ring (bicyclic) bond motifs is 1. The third-order valence-corrected chi connectivity index (χ3v) is 6.40. The number of halogens is 3. The Labute approximate surface area is 196 Å². The second kappa shape index (κ2) is 9.52. The van der Waals surface area contributed by atoms with Crippen molar-refractivity contribution in [1.82, 2.24) is 14.9 Å². The second-order valence-electron chi connectivity index (χ2n) is 8.31. The van der Waals surface area contributed by atoms with Gasteiger partial charge in [0.25, 0.3) is 0 Å². The highest BCUT2D eigenvalue weighted by Gasteiger charge is 2.38. The summed E-state index contributed by atoms with van der Waals surface area (Å²) in [6.45, 7) is 8.17. The molecule has 3 heterocycles. The van der Waals surface area contributed by atoms with Crippen LogP contribution in [0, 0.1) is 0 Å². The highest BCUT2D eigenvalue weighted by Crippen LogP contribution is 2.41. The molecule has 1 aromatic heterocycles. The van der Waals surface area contributed by atoms with Crippen molar-refractivity contribution in [3.8, 4) is 6.01 Å². The third kappa shape index (κ3) is 4.53. The highest BCUT2D eigenvalue weighted by molar-refractivity contribution is 5.87. The maximum Gasteiger partial charge on any atom is 0.418 e. The molecule has 182 valence electrons. The van der Waals surface area contributed by atoms with E-state index < -0.39 is 11.7 Å². The van der Waals surface area contributed by atoms with Crippen molar-refractivity contribution in [3.63, 3.8) is 0 Å². The summed E-state index contributed by atoms with van der Waals surface area (Å²) in [5.74, 6) is 0.623. The first kappa shape index (κ1) is 23.8. The number of anilines is 2. The Bertz CT molecular complexity index is 1080. The average Bonchev–Trinajstić information content (AvgIpc) is 2.86. The normalized spacial score (nSPS) is 16.3. The van der Waals surface area contributed by atoms with Crippen LogP contribution in [0.25, 0.3) is 0 Å². The van der Waals surface area contributed by atoms with Crippen LogP contribution >= 0.6 is 0 Å². The Hall–Kier alpha value is -3.30. The molecule has 1 fully saturated rings. The van der Waals surface area contributed by atoms with Crippen molar-refractivity contribution in [2.75, 3.05) is 49.6 Å². The quantitative estimate of drug-likeness (QED) is 0.618. The zero-order valence-corrected chi connectivity index (χ0v) is 19.4. The van der Waals surface area contributed by atoms with Gasteiger partial charge in [0.1, 0.15) is 5.82 Å². The molecular weight excluding hydrogens is 447 g/mol. The molecule has 34 heavy (non-hydrogen) atoms. The summed E-state index contributed by atoms with van der Waals surface area (Å²) in [6.07, 6.45) is -2.33. The molecule has 0 radical (unpaired) electrons. The van der Waals surface area contributed by atoms with Gasteiger partial charge in [-0.25, -0.2) is 0 Å². The van der Waals surface area contributed by atoms with Gasteiger partial charge in [-0.05, 0) is 30.5 Å². The molecule has 4 rings (SSSR count). The molecule has 0 saturated carbocycles. The monoisotopic (exact) mass is 475 g/mol. The number of alkyl halides is 3. The predicted molar refractivity (Wildman–Crippen MR) is 123 cm³/mol. The van der Waals surface area contributed by atoms with Gasteiger partial charge in [0.15, 0.2) is 0 Å². The largest absolute Gasteiger partial charge is 0.467 e. The Balaban J connectivity index is 1.65. The van der Waals surface area contributed by atoms with E-state index in [2.05, 4.69) is 21.4 Å². The third-order valence-electron chi connectivity index (χ3n) is 6.40. The first-order chi connectivity index (χ1) is 16.3. The van der Waals surface area contributed by atoms with Gasteiger partial charge in [-0.3, -0.25) is 4.79 Å². The van der Waals surface area contributed by atoms with Crippen LogP contribution in [0.3, 0.4) is 0 Å². The van der Waals surface area contributed by atoms with E-state index in [-0.39, 0.29) is 29.7 Å². The van der Waals surface area contributed by atoms with Gasteiger partial charge in [-0.1, -0.05) is 25.6 Å². The zero-order valence-electron chi connectivity index (χ0n) is 19.4. The molecule has 0 aliphatic carbocycles. The maximum absolute atomic E-state index is 14.0. The summed E-state index contributed by atoms with van der Waals surface area (Å²) < 4.78 is 47.2. The van der Waals surface area contributed by atoms with E-state index in [4.69, 9.17) is 4.74 Å². The molecule has 1 amide bonds. The van der Waals surface area contributed by atoms with Gasteiger partial charge in [0.05, 0.1) is 24.9 Å². The smallest absolute Gasteiger partial charge is 0.418 e. The van der Waals surface area contributed by atoms with Crippen molar-refractivity contribution in [2.24, 2.45) is 0 Å². The molecule has 1 aromatic carbocycles. The fraction of sp³-hybridized carbons (Fsp3) is 0.458. The number of ether oxygens (including phenoxy) is 1. The molecule has 2 aliphatic rings. The number of piperazine rings is 1. The summed E-state index contributed by atoms with van der Waals surface area (Å²) in [7, 11) is 1.47. The predicted octanol–water partition coefficient (Wildman–Crippen LogP) is 3.46. The fourth-order valence-corrected chi connectivity index (χ4v) is 4.69. The lowest BCUT2D eigenvalue weighted by Crippen LogP contribution is -2.49. The molecule has 2 aromatic rings. The SMILES string of the molecule is C=CC(=O)N1CCN(c2nc(OC)nc3c2CCN(c2cccc(CC)c2C(F)(F)F)C3)CC1. The standard InChI is InChI=1S/C24H28F3N5O2/c1-4-16-7-6-8-19(21(16)24(25,26)27)32-10-9-17-18(15-32)28-23(34-3)29-22(17)31-13-11-30(12-14-31)20(33)5-2/h5-8H,2,4,9-15H2,1,3H3. The van der Waals surface area contributed by atoms with Gasteiger partial charge in [-0.15, -0.1) is 0 Å². The number of benzene rings is 1. The number of methoxy groups -OCH3 is 1. The Morgan fingerprint density at radius 2 is 1.88 bits per heavy atom. The number of hydrogen-bond donors (Lipinski definition) is 0. The van der Waals surface area contributed by atoms with Gasteiger partial charge in [-0.2, -0.15) is 23.1 Å². The number of aromatic nitrogens is 2. The summed E-state index contributed by atoms with van der Waals surface area (Å²) in [5, 5.41) is 0. The fourth-order valence-electron chi connectivity index (χ4n) is 4.69. The van der Waals surface area contributed by atoms with Crippen LogP contribution in [-0.4, -0.2) is 60.6 Å². The van der Waals surface area contributed by atoms with Gasteiger partial charge >= 0.3 is 12.2 Å². The van der Waals surface area contributed by atoms with Crippen LogP contribution in [0.5, 0.6) is 6.01 Å². The number of rotatable bonds is 5. The summed E-state index contributed by atoms with van der Waals surface area (Å²) in [5.41, 5.74) is 1.45. The minimum Gasteiger partial charge on any atom is -0.467 e. The lowest BCUT2D eigenvalue weighted by atomic mass is 9.98. The lowest BCUT2D eigenvalue weighted by Gasteiger charge is -2.38. The molecule has 0 bridgehead atoms. The minimum absolute atomic E-state index is 0.104. The van der Waals surface area contributed by atoms with E-state index in [0.29, 0.717) is 51.3 Å². The number of nitrogens with zero attached hydrogens (tertiary/aromatic N) is 5. The van der Waals surface area contributed by atoms with E-state index in [1.54, 1.807) is 22.8 Å². The number of carbonyl (C=O) groups excluding carboxylic acids is 1. The van der Waals surface area contributed by atoms with Gasteiger partial charge < -0.3 is 19.4 Å². The van der Waals surface area contributed by atoms with Crippen molar-refractivity contribution >= 4 is 17.4 Å². The Morgan fingerprint density at radius 1 is 1.15 bits per heavy atom. The maximum atomic E-state index is 14.0. The molecule has 0 atom stereocenters. The molecule has 0 N–H and O–H groups in total. The topological polar surface area (TPSA) is 61.8 Å². The number of amides is 1. The molecule has 1 saturated heterocycles. The number of carbonyl (C=O) groups is 1. The second-order valence-corrected chi connectivity index (χ2v) is 8.31. The van der Waals surface area contributed by atoms with Crippen LogP contribution in [-0.2, 0) is 30.4 Å². The molecule has 0 spiro atoms. The number of aryl methyl sites for hydroxylation is 1. The van der Waals surface area contributed by atoms with Crippen molar-refractivity contribution in [1.29, 1.82) is 0 Å². The minimum atomic E-state index is -4.45. The van der Waals surface area contributed by atoms with Crippen molar-refractivity contribution in [3.05, 3.63) is 53.2 Å². The molecule has 7 nitrogen and oxygen atoms in total. The van der Waals surface area contributed by atoms with E-state index in [9.17, 15) is 18.0 Å². The van der Waals surface area contributed by atoms with Crippen molar-refractivity contribution in [2.45, 2.75) is 32.5 Å². The summed E-state index contributed by atoms with van der Waals surface area (Å²) >= 11 is 0. The van der Waals surface area contributed by atoms with Crippen LogP contribution in [0.2, 0.25) is 0 Å². The first-order valence-corrected chi connectivity index (χ1v) is 11.3. The van der Waals surface area contributed by atoms with E-state index in [1.807, 2.05) is 0 Å². The molecule has 0 unspecified atom stereocenters. The Morgan fingerprint density at radius 3 is 2.50 bits per heavy atom. The highest BCUT2D eigenvalue weighted by atomic mass is 19.4. The lowest BCUT2D eigenvalue weighted by molar-refractivity contribution is -0.137. The molecule has 2 aliphatic heterocycles. The zero-order chi connectivity index (χ0) is 24.5. The van der Waals surface area contributed by atoms with E-state index >= 15 is 0 Å². The van der Waals surface area contributed by atoms with Crippen LogP contribution in [0.4, 0.5) is 24.7 Å². The van der Waals surface area contributed by atoms with Gasteiger partial charge in [0.2, 0.25) is 5.91 Å².